The lowest BCUT2D eigenvalue weighted by Crippen LogP contribution is -2.30. The minimum absolute atomic E-state index is 0.0103. The molecule has 5 aromatic carbocycles. The zero-order valence-electron chi connectivity index (χ0n) is 28.5. The van der Waals surface area contributed by atoms with Gasteiger partial charge in [-0.2, -0.15) is 0 Å². The topological polar surface area (TPSA) is 124 Å². The van der Waals surface area contributed by atoms with E-state index in [0.29, 0.717) is 45.5 Å². The minimum Gasteiger partial charge on any atom is -0.497 e. The molecule has 0 bridgehead atoms. The van der Waals surface area contributed by atoms with E-state index in [-0.39, 0.29) is 11.6 Å². The van der Waals surface area contributed by atoms with Crippen LogP contribution >= 0.6 is 11.8 Å². The van der Waals surface area contributed by atoms with Gasteiger partial charge in [0.2, 0.25) is 5.91 Å². The smallest absolute Gasteiger partial charge is 0.272 e. The molecule has 0 saturated heterocycles. The normalized spacial score (nSPS) is 11.5. The molecule has 5 rings (SSSR count). The molecule has 0 fully saturated rings. The number of methoxy groups -OCH3 is 4. The van der Waals surface area contributed by atoms with Crippen LogP contribution in [0.25, 0.3) is 6.08 Å². The number of ether oxygens (including phenoxy) is 4. The van der Waals surface area contributed by atoms with Crippen LogP contribution in [-0.2, 0) is 9.59 Å². The van der Waals surface area contributed by atoms with E-state index in [9.17, 15) is 14.4 Å². The third kappa shape index (κ3) is 9.71. The van der Waals surface area contributed by atoms with Crippen molar-refractivity contribution < 1.29 is 33.3 Å². The highest BCUT2D eigenvalue weighted by atomic mass is 32.2. The fraction of sp³-hybridized carbons (Fsp3) is 0.125. The van der Waals surface area contributed by atoms with Gasteiger partial charge in [-0.25, -0.2) is 0 Å². The lowest BCUT2D eigenvalue weighted by Gasteiger charge is -2.18. The first-order chi connectivity index (χ1) is 24.8. The molecular formula is C40H37N3O7S. The molecule has 51 heavy (non-hydrogen) atoms. The highest BCUT2D eigenvalue weighted by Crippen LogP contribution is 2.37. The predicted octanol–water partition coefficient (Wildman–Crippen LogP) is 7.60. The lowest BCUT2D eigenvalue weighted by atomic mass is 10.1. The zero-order chi connectivity index (χ0) is 36.2. The van der Waals surface area contributed by atoms with E-state index in [1.165, 1.54) is 32.1 Å². The minimum atomic E-state index is -0.607. The molecule has 11 heteroatoms. The van der Waals surface area contributed by atoms with E-state index in [0.717, 1.165) is 10.5 Å². The number of thioether (sulfide) groups is 1. The standard InChI is InChI=1S/C40H37N3O7S/c1-47-31-17-20-36(50-4)28(21-31)22-35(43-38(44)27-13-9-6-10-14-27)39(45)41-29-15-18-34(19-16-29)51-37(26-11-7-5-8-12-26)40(46)42-30-23-32(48-2)25-33(24-30)49-3/h5-25,37H,1-4H3,(H,41,45)(H,42,46)(H,43,44)/b35-22-. The highest BCUT2D eigenvalue weighted by molar-refractivity contribution is 8.00. The first-order valence-corrected chi connectivity index (χ1v) is 16.6. The molecular weight excluding hydrogens is 667 g/mol. The fourth-order valence-electron chi connectivity index (χ4n) is 4.99. The molecule has 0 aliphatic heterocycles. The van der Waals surface area contributed by atoms with Gasteiger partial charge in [0.25, 0.3) is 11.8 Å². The molecule has 0 saturated carbocycles. The molecule has 0 aliphatic rings. The first-order valence-electron chi connectivity index (χ1n) is 15.8. The molecule has 3 amide bonds. The van der Waals surface area contributed by atoms with Gasteiger partial charge < -0.3 is 34.9 Å². The van der Waals surface area contributed by atoms with Gasteiger partial charge in [0.1, 0.15) is 33.9 Å². The van der Waals surface area contributed by atoms with E-state index in [1.807, 2.05) is 42.5 Å². The Morgan fingerprint density at radius 3 is 1.86 bits per heavy atom. The van der Waals surface area contributed by atoms with Crippen LogP contribution in [0, 0.1) is 0 Å². The summed E-state index contributed by atoms with van der Waals surface area (Å²) in [5.74, 6) is 0.880. The molecule has 0 heterocycles. The molecule has 3 N–H and O–H groups in total. The van der Waals surface area contributed by atoms with Crippen LogP contribution < -0.4 is 34.9 Å². The SMILES string of the molecule is COc1cc(NC(=O)C(Sc2ccc(NC(=O)/C(=C/c3cc(OC)ccc3OC)NC(=O)c3ccccc3)cc2)c2ccccc2)cc(OC)c1. The summed E-state index contributed by atoms with van der Waals surface area (Å²) in [6.45, 7) is 0. The summed E-state index contributed by atoms with van der Waals surface area (Å²) >= 11 is 1.36. The van der Waals surface area contributed by atoms with Gasteiger partial charge in [-0.05, 0) is 66.2 Å². The molecule has 0 aromatic heterocycles. The summed E-state index contributed by atoms with van der Waals surface area (Å²) < 4.78 is 21.6. The van der Waals surface area contributed by atoms with Crippen molar-refractivity contribution >= 4 is 46.9 Å². The van der Waals surface area contributed by atoms with E-state index >= 15 is 0 Å². The van der Waals surface area contributed by atoms with Crippen LogP contribution in [-0.4, -0.2) is 46.2 Å². The second kappa shape index (κ2) is 17.5. The first kappa shape index (κ1) is 36.1. The summed E-state index contributed by atoms with van der Waals surface area (Å²) in [5, 5.41) is 7.99. The van der Waals surface area contributed by atoms with Gasteiger partial charge in [0.15, 0.2) is 0 Å². The predicted molar refractivity (Wildman–Crippen MR) is 200 cm³/mol. The summed E-state index contributed by atoms with van der Waals surface area (Å²) in [6.07, 6.45) is 1.53. The number of hydrogen-bond acceptors (Lipinski definition) is 8. The molecule has 1 atom stereocenters. The maximum absolute atomic E-state index is 13.7. The van der Waals surface area contributed by atoms with Crippen LogP contribution in [0.1, 0.15) is 26.7 Å². The van der Waals surface area contributed by atoms with E-state index in [4.69, 9.17) is 18.9 Å². The highest BCUT2D eigenvalue weighted by Gasteiger charge is 2.23. The number of nitrogens with one attached hydrogen (secondary N) is 3. The monoisotopic (exact) mass is 703 g/mol. The molecule has 5 aromatic rings. The number of amides is 3. The average Bonchev–Trinajstić information content (AvgIpc) is 3.17. The van der Waals surface area contributed by atoms with Crippen molar-refractivity contribution in [2.45, 2.75) is 10.1 Å². The lowest BCUT2D eigenvalue weighted by molar-refractivity contribution is -0.116. The molecule has 0 aliphatic carbocycles. The van der Waals surface area contributed by atoms with E-state index < -0.39 is 17.1 Å². The Morgan fingerprint density at radius 1 is 0.627 bits per heavy atom. The van der Waals surface area contributed by atoms with Gasteiger partial charge in [0.05, 0.1) is 28.4 Å². The summed E-state index contributed by atoms with van der Waals surface area (Å²) in [4.78, 5) is 41.3. The van der Waals surface area contributed by atoms with Gasteiger partial charge >= 0.3 is 0 Å². The molecule has 260 valence electrons. The van der Waals surface area contributed by atoms with E-state index in [2.05, 4.69) is 16.0 Å². The van der Waals surface area contributed by atoms with Gasteiger partial charge in [-0.3, -0.25) is 14.4 Å². The van der Waals surface area contributed by atoms with Crippen molar-refractivity contribution in [3.05, 3.63) is 144 Å². The maximum atomic E-state index is 13.7. The summed E-state index contributed by atoms with van der Waals surface area (Å²) in [6, 6.07) is 35.5. The Balaban J connectivity index is 1.37. The third-order valence-corrected chi connectivity index (χ3v) is 8.86. The molecule has 0 spiro atoms. The van der Waals surface area contributed by atoms with Crippen LogP contribution in [0.15, 0.2) is 132 Å². The van der Waals surface area contributed by atoms with Crippen LogP contribution in [0.2, 0.25) is 0 Å². The number of hydrogen-bond donors (Lipinski definition) is 3. The average molecular weight is 704 g/mol. The quantitative estimate of drug-likeness (QED) is 0.0798. The Morgan fingerprint density at radius 2 is 1.25 bits per heavy atom. The Hall–Kier alpha value is -6.20. The van der Waals surface area contributed by atoms with Crippen LogP contribution in [0.4, 0.5) is 11.4 Å². The number of carbonyl (C=O) groups is 3. The van der Waals surface area contributed by atoms with Gasteiger partial charge in [0, 0.05) is 45.6 Å². The second-order valence-electron chi connectivity index (χ2n) is 11.0. The second-order valence-corrected chi connectivity index (χ2v) is 12.1. The Kier molecular flexibility index (Phi) is 12.4. The maximum Gasteiger partial charge on any atom is 0.272 e. The Bertz CT molecular complexity index is 1980. The van der Waals surface area contributed by atoms with Crippen molar-refractivity contribution in [3.63, 3.8) is 0 Å². The van der Waals surface area contributed by atoms with Gasteiger partial charge in [-0.1, -0.05) is 48.5 Å². The third-order valence-electron chi connectivity index (χ3n) is 7.59. The van der Waals surface area contributed by atoms with Crippen molar-refractivity contribution in [2.24, 2.45) is 0 Å². The number of anilines is 2. The van der Waals surface area contributed by atoms with Gasteiger partial charge in [-0.15, -0.1) is 11.8 Å². The van der Waals surface area contributed by atoms with Crippen LogP contribution in [0.3, 0.4) is 0 Å². The zero-order valence-corrected chi connectivity index (χ0v) is 29.3. The molecule has 1 unspecified atom stereocenters. The van der Waals surface area contributed by atoms with Crippen molar-refractivity contribution in [2.75, 3.05) is 39.1 Å². The fourth-order valence-corrected chi connectivity index (χ4v) is 6.01. The largest absolute Gasteiger partial charge is 0.497 e. The Labute approximate surface area is 300 Å². The molecule has 10 nitrogen and oxygen atoms in total. The number of rotatable bonds is 14. The number of benzene rings is 5. The van der Waals surface area contributed by atoms with Crippen molar-refractivity contribution in [1.29, 1.82) is 0 Å². The van der Waals surface area contributed by atoms with E-state index in [1.54, 1.807) is 93.1 Å². The van der Waals surface area contributed by atoms with Crippen LogP contribution in [0.5, 0.6) is 23.0 Å². The number of carbonyl (C=O) groups excluding carboxylic acids is 3. The van der Waals surface area contributed by atoms with Crippen molar-refractivity contribution in [3.8, 4) is 23.0 Å². The summed E-state index contributed by atoms with van der Waals surface area (Å²) in [5.41, 5.74) is 2.72. The molecule has 0 radical (unpaired) electrons. The summed E-state index contributed by atoms with van der Waals surface area (Å²) in [7, 11) is 6.15. The van der Waals surface area contributed by atoms with Crippen molar-refractivity contribution in [1.82, 2.24) is 5.32 Å².